The second kappa shape index (κ2) is 9.54. The first-order valence-electron chi connectivity index (χ1n) is 9.03. The predicted octanol–water partition coefficient (Wildman–Crippen LogP) is 3.39. The molecule has 0 saturated carbocycles. The van der Waals surface area contributed by atoms with Crippen LogP contribution in [-0.4, -0.2) is 23.3 Å². The summed E-state index contributed by atoms with van der Waals surface area (Å²) in [4.78, 5) is 28.7. The maximum absolute atomic E-state index is 13.6. The molecule has 0 fully saturated rings. The fraction of sp³-hybridized carbons (Fsp3) is 0.136. The number of aromatic nitrogens is 1. The summed E-state index contributed by atoms with van der Waals surface area (Å²) in [5.41, 5.74) is 1.28. The standard InChI is InChI=1S/C22H19F2N3O2/c23-16-9-10-17(18(24)14-16)22(29)26-13-11-20(28)27-21(15-6-2-1-3-7-15)19-8-4-5-12-25-19/h1-10,12,14,21H,11,13H2,(H,26,29)(H,27,28). The van der Waals surface area contributed by atoms with Gasteiger partial charge in [-0.2, -0.15) is 0 Å². The zero-order valence-electron chi connectivity index (χ0n) is 15.4. The third kappa shape index (κ3) is 5.44. The van der Waals surface area contributed by atoms with Crippen LogP contribution >= 0.6 is 0 Å². The van der Waals surface area contributed by atoms with E-state index in [9.17, 15) is 18.4 Å². The van der Waals surface area contributed by atoms with E-state index in [1.54, 1.807) is 12.3 Å². The molecule has 1 aromatic heterocycles. The third-order valence-corrected chi connectivity index (χ3v) is 4.24. The molecule has 3 aromatic rings. The minimum absolute atomic E-state index is 0.00517. The minimum atomic E-state index is -0.953. The summed E-state index contributed by atoms with van der Waals surface area (Å²) in [6.07, 6.45) is 1.64. The lowest BCUT2D eigenvalue weighted by Crippen LogP contribution is -2.34. The molecule has 1 unspecified atom stereocenters. The molecule has 5 nitrogen and oxygen atoms in total. The van der Waals surface area contributed by atoms with Crippen LogP contribution in [0, 0.1) is 11.6 Å². The van der Waals surface area contributed by atoms with Gasteiger partial charge in [0.05, 0.1) is 17.3 Å². The Balaban J connectivity index is 1.60. The van der Waals surface area contributed by atoms with Crippen LogP contribution in [0.1, 0.15) is 34.1 Å². The summed E-state index contributed by atoms with van der Waals surface area (Å²) >= 11 is 0. The van der Waals surface area contributed by atoms with Gasteiger partial charge in [-0.1, -0.05) is 36.4 Å². The van der Waals surface area contributed by atoms with E-state index >= 15 is 0 Å². The first-order valence-corrected chi connectivity index (χ1v) is 9.03. The monoisotopic (exact) mass is 395 g/mol. The Labute approximate surface area is 166 Å². The molecule has 3 rings (SSSR count). The van der Waals surface area contributed by atoms with E-state index < -0.39 is 23.6 Å². The lowest BCUT2D eigenvalue weighted by atomic mass is 10.0. The molecule has 0 saturated heterocycles. The second-order valence-corrected chi connectivity index (χ2v) is 6.30. The number of halogens is 2. The molecule has 0 radical (unpaired) electrons. The molecule has 0 spiro atoms. The van der Waals surface area contributed by atoms with Crippen molar-refractivity contribution < 1.29 is 18.4 Å². The zero-order chi connectivity index (χ0) is 20.6. The van der Waals surface area contributed by atoms with Crippen molar-refractivity contribution in [1.82, 2.24) is 15.6 Å². The van der Waals surface area contributed by atoms with E-state index in [1.165, 1.54) is 0 Å². The van der Waals surface area contributed by atoms with Gasteiger partial charge in [0, 0.05) is 25.2 Å². The zero-order valence-corrected chi connectivity index (χ0v) is 15.4. The Kier molecular flexibility index (Phi) is 6.63. The number of carbonyl (C=O) groups is 2. The smallest absolute Gasteiger partial charge is 0.254 e. The quantitative estimate of drug-likeness (QED) is 0.644. The number of amides is 2. The Morgan fingerprint density at radius 3 is 2.41 bits per heavy atom. The van der Waals surface area contributed by atoms with Crippen molar-refractivity contribution in [2.45, 2.75) is 12.5 Å². The van der Waals surface area contributed by atoms with E-state index in [0.29, 0.717) is 11.8 Å². The first kappa shape index (κ1) is 20.1. The van der Waals surface area contributed by atoms with Gasteiger partial charge in [0.25, 0.3) is 5.91 Å². The fourth-order valence-corrected chi connectivity index (χ4v) is 2.81. The molecule has 0 aliphatic rings. The van der Waals surface area contributed by atoms with Crippen molar-refractivity contribution in [2.24, 2.45) is 0 Å². The molecule has 0 aliphatic carbocycles. The number of nitrogens with zero attached hydrogens (tertiary/aromatic N) is 1. The van der Waals surface area contributed by atoms with Gasteiger partial charge < -0.3 is 10.6 Å². The van der Waals surface area contributed by atoms with E-state index in [4.69, 9.17) is 0 Å². The van der Waals surface area contributed by atoms with Crippen LogP contribution in [0.25, 0.3) is 0 Å². The van der Waals surface area contributed by atoms with E-state index in [0.717, 1.165) is 17.7 Å². The largest absolute Gasteiger partial charge is 0.351 e. The molecule has 148 valence electrons. The predicted molar refractivity (Wildman–Crippen MR) is 104 cm³/mol. The van der Waals surface area contributed by atoms with Crippen molar-refractivity contribution >= 4 is 11.8 Å². The maximum Gasteiger partial charge on any atom is 0.254 e. The first-order chi connectivity index (χ1) is 14.0. The topological polar surface area (TPSA) is 71.1 Å². The molecule has 7 heteroatoms. The average molecular weight is 395 g/mol. The van der Waals surface area contributed by atoms with E-state index in [1.807, 2.05) is 42.5 Å². The Hall–Kier alpha value is -3.61. The summed E-state index contributed by atoms with van der Waals surface area (Å²) < 4.78 is 26.6. The molecule has 2 aromatic carbocycles. The minimum Gasteiger partial charge on any atom is -0.351 e. The molecule has 1 heterocycles. The number of benzene rings is 2. The van der Waals surface area contributed by atoms with Crippen LogP contribution in [0.2, 0.25) is 0 Å². The fourth-order valence-electron chi connectivity index (χ4n) is 2.81. The summed E-state index contributed by atoms with van der Waals surface area (Å²) in [6, 6.07) is 17.1. The highest BCUT2D eigenvalue weighted by atomic mass is 19.1. The van der Waals surface area contributed by atoms with E-state index in [2.05, 4.69) is 15.6 Å². The van der Waals surface area contributed by atoms with Gasteiger partial charge in [-0.3, -0.25) is 14.6 Å². The lowest BCUT2D eigenvalue weighted by Gasteiger charge is -2.19. The van der Waals surface area contributed by atoms with Crippen LogP contribution < -0.4 is 10.6 Å². The normalized spacial score (nSPS) is 11.5. The molecule has 2 N–H and O–H groups in total. The van der Waals surface area contributed by atoms with Crippen molar-refractivity contribution in [1.29, 1.82) is 0 Å². The maximum atomic E-state index is 13.6. The van der Waals surface area contributed by atoms with Crippen LogP contribution in [0.15, 0.2) is 72.9 Å². The van der Waals surface area contributed by atoms with Crippen LogP contribution in [0.3, 0.4) is 0 Å². The lowest BCUT2D eigenvalue weighted by molar-refractivity contribution is -0.121. The molecule has 2 amide bonds. The highest BCUT2D eigenvalue weighted by Gasteiger charge is 2.18. The van der Waals surface area contributed by atoms with Crippen molar-refractivity contribution in [3.63, 3.8) is 0 Å². The number of nitrogens with one attached hydrogen (secondary N) is 2. The summed E-state index contributed by atoms with van der Waals surface area (Å²) in [6.45, 7) is 0.00517. The number of hydrogen-bond donors (Lipinski definition) is 2. The SMILES string of the molecule is O=C(CCNC(=O)c1ccc(F)cc1F)NC(c1ccccc1)c1ccccn1. The third-order valence-electron chi connectivity index (χ3n) is 4.24. The second-order valence-electron chi connectivity index (χ2n) is 6.30. The van der Waals surface area contributed by atoms with Crippen molar-refractivity contribution in [2.75, 3.05) is 6.54 Å². The van der Waals surface area contributed by atoms with Gasteiger partial charge in [-0.25, -0.2) is 8.78 Å². The Bertz CT molecular complexity index is 942. The van der Waals surface area contributed by atoms with Gasteiger partial charge >= 0.3 is 0 Å². The Morgan fingerprint density at radius 2 is 1.72 bits per heavy atom. The van der Waals surface area contributed by atoms with Crippen LogP contribution in [0.5, 0.6) is 0 Å². The molecule has 0 aliphatic heterocycles. The van der Waals surface area contributed by atoms with Gasteiger partial charge in [0.2, 0.25) is 5.91 Å². The molecular weight excluding hydrogens is 376 g/mol. The highest BCUT2D eigenvalue weighted by molar-refractivity contribution is 5.94. The molecular formula is C22H19F2N3O2. The van der Waals surface area contributed by atoms with Gasteiger partial charge in [0.15, 0.2) is 0 Å². The van der Waals surface area contributed by atoms with Crippen LogP contribution in [0.4, 0.5) is 8.78 Å². The summed E-state index contributed by atoms with van der Waals surface area (Å²) in [5.74, 6) is -2.73. The number of pyridine rings is 1. The van der Waals surface area contributed by atoms with Gasteiger partial charge in [0.1, 0.15) is 11.6 Å². The van der Waals surface area contributed by atoms with Crippen LogP contribution in [-0.2, 0) is 4.79 Å². The highest BCUT2D eigenvalue weighted by Crippen LogP contribution is 2.20. The van der Waals surface area contributed by atoms with E-state index in [-0.39, 0.29) is 24.4 Å². The Morgan fingerprint density at radius 1 is 0.966 bits per heavy atom. The average Bonchev–Trinajstić information content (AvgIpc) is 2.73. The van der Waals surface area contributed by atoms with Gasteiger partial charge in [-0.15, -0.1) is 0 Å². The molecule has 0 bridgehead atoms. The molecule has 29 heavy (non-hydrogen) atoms. The number of carbonyl (C=O) groups excluding carboxylic acids is 2. The number of rotatable bonds is 7. The van der Waals surface area contributed by atoms with Gasteiger partial charge in [-0.05, 0) is 29.8 Å². The number of hydrogen-bond acceptors (Lipinski definition) is 3. The summed E-state index contributed by atoms with van der Waals surface area (Å²) in [7, 11) is 0. The summed E-state index contributed by atoms with van der Waals surface area (Å²) in [5, 5.41) is 5.37. The molecule has 1 atom stereocenters. The van der Waals surface area contributed by atoms with Crippen molar-refractivity contribution in [3.05, 3.63) is 101 Å². The van der Waals surface area contributed by atoms with Crippen molar-refractivity contribution in [3.8, 4) is 0 Å².